The van der Waals surface area contributed by atoms with E-state index in [1.54, 1.807) is 11.2 Å². The molecule has 1 aliphatic heterocycles. The van der Waals surface area contributed by atoms with Crippen LogP contribution in [-0.4, -0.2) is 30.8 Å². The zero-order chi connectivity index (χ0) is 13.6. The van der Waals surface area contributed by atoms with Crippen molar-refractivity contribution in [1.82, 2.24) is 9.29 Å². The Morgan fingerprint density at radius 2 is 2.11 bits per heavy atom. The number of rotatable bonds is 2. The summed E-state index contributed by atoms with van der Waals surface area (Å²) >= 11 is 6.83. The van der Waals surface area contributed by atoms with Crippen LogP contribution in [0.5, 0.6) is 0 Å². The van der Waals surface area contributed by atoms with Crippen LogP contribution in [-0.2, 0) is 10.0 Å². The molecule has 4 nitrogen and oxygen atoms in total. The minimum atomic E-state index is -3.44. The zero-order valence-electron chi connectivity index (χ0n) is 10.7. The minimum Gasteiger partial charge on any atom is -0.229 e. The fourth-order valence-electron chi connectivity index (χ4n) is 2.28. The third-order valence-electron chi connectivity index (χ3n) is 3.17. The van der Waals surface area contributed by atoms with Gasteiger partial charge in [-0.3, -0.25) is 0 Å². The molecule has 1 saturated heterocycles. The molecule has 102 valence electrons. The lowest BCUT2D eigenvalue weighted by molar-refractivity contribution is 0.187. The molecule has 0 unspecified atom stereocenters. The average Bonchev–Trinajstić information content (AvgIpc) is 2.57. The van der Waals surface area contributed by atoms with Gasteiger partial charge in [0.2, 0.25) is 0 Å². The van der Waals surface area contributed by atoms with Gasteiger partial charge in [0, 0.05) is 13.1 Å². The van der Waals surface area contributed by atoms with E-state index in [9.17, 15) is 8.42 Å². The summed E-state index contributed by atoms with van der Waals surface area (Å²) in [7, 11) is -3.44. The van der Waals surface area contributed by atoms with Crippen LogP contribution >= 0.6 is 22.9 Å². The predicted octanol–water partition coefficient (Wildman–Crippen LogP) is 2.92. The summed E-state index contributed by atoms with van der Waals surface area (Å²) in [6.07, 6.45) is 1.96. The number of piperidine rings is 1. The van der Waals surface area contributed by atoms with E-state index in [0.29, 0.717) is 18.8 Å². The fourth-order valence-corrected chi connectivity index (χ4v) is 5.82. The summed E-state index contributed by atoms with van der Waals surface area (Å²) in [4.78, 5) is 3.99. The van der Waals surface area contributed by atoms with Gasteiger partial charge in [-0.1, -0.05) is 36.8 Å². The second-order valence-corrected chi connectivity index (χ2v) is 9.16. The van der Waals surface area contributed by atoms with Crippen molar-refractivity contribution >= 4 is 33.0 Å². The number of aromatic nitrogens is 1. The number of thiazole rings is 1. The maximum atomic E-state index is 12.5. The van der Waals surface area contributed by atoms with E-state index in [0.717, 1.165) is 24.2 Å². The average molecular weight is 309 g/mol. The van der Waals surface area contributed by atoms with Crippen LogP contribution < -0.4 is 0 Å². The van der Waals surface area contributed by atoms with Crippen molar-refractivity contribution in [3.63, 3.8) is 0 Å². The van der Waals surface area contributed by atoms with Gasteiger partial charge in [-0.05, 0) is 25.2 Å². The molecule has 0 spiro atoms. The topological polar surface area (TPSA) is 50.3 Å². The van der Waals surface area contributed by atoms with Crippen LogP contribution in [0.15, 0.2) is 4.21 Å². The number of hydrogen-bond donors (Lipinski definition) is 0. The quantitative estimate of drug-likeness (QED) is 0.844. The van der Waals surface area contributed by atoms with Crippen LogP contribution in [0, 0.1) is 12.3 Å². The third kappa shape index (κ3) is 2.71. The van der Waals surface area contributed by atoms with Crippen LogP contribution in [0.3, 0.4) is 0 Å². The Balaban J connectivity index is 2.34. The van der Waals surface area contributed by atoms with Crippen LogP contribution in [0.1, 0.15) is 32.4 Å². The first-order valence-corrected chi connectivity index (χ1v) is 8.49. The lowest BCUT2D eigenvalue weighted by atomic mass is 9.85. The number of hydrogen-bond acceptors (Lipinski definition) is 4. The van der Waals surface area contributed by atoms with E-state index < -0.39 is 10.0 Å². The molecule has 2 rings (SSSR count). The number of aryl methyl sites for hydroxylation is 1. The lowest BCUT2D eigenvalue weighted by Crippen LogP contribution is -2.43. The molecule has 0 N–H and O–H groups in total. The van der Waals surface area contributed by atoms with Crippen molar-refractivity contribution in [3.8, 4) is 0 Å². The van der Waals surface area contributed by atoms with E-state index >= 15 is 0 Å². The highest BCUT2D eigenvalue weighted by Gasteiger charge is 2.36. The van der Waals surface area contributed by atoms with Gasteiger partial charge >= 0.3 is 0 Å². The molecule has 1 fully saturated rings. The molecule has 0 saturated carbocycles. The minimum absolute atomic E-state index is 0.0354. The number of halogens is 1. The van der Waals surface area contributed by atoms with Gasteiger partial charge in [-0.25, -0.2) is 13.4 Å². The molecule has 0 bridgehead atoms. The SMILES string of the molecule is Cc1nc(Cl)sc1S(=O)(=O)N1CCCC(C)(C)C1. The monoisotopic (exact) mass is 308 g/mol. The maximum Gasteiger partial charge on any atom is 0.254 e. The molecule has 1 aromatic heterocycles. The Kier molecular flexibility index (Phi) is 3.75. The second kappa shape index (κ2) is 4.74. The normalized spacial score (nSPS) is 21.1. The lowest BCUT2D eigenvalue weighted by Gasteiger charge is -2.36. The molecule has 0 aliphatic carbocycles. The standard InChI is InChI=1S/C11H17ClN2O2S2/c1-8-9(17-10(12)13-8)18(15,16)14-6-4-5-11(2,3)7-14/h4-7H2,1-3H3. The summed E-state index contributed by atoms with van der Waals surface area (Å²) in [6, 6.07) is 0. The largest absolute Gasteiger partial charge is 0.254 e. The van der Waals surface area contributed by atoms with Crippen molar-refractivity contribution in [3.05, 3.63) is 10.2 Å². The molecule has 7 heteroatoms. The molecule has 1 aliphatic rings. The van der Waals surface area contributed by atoms with E-state index in [2.05, 4.69) is 18.8 Å². The molecular formula is C11H17ClN2O2S2. The van der Waals surface area contributed by atoms with Gasteiger partial charge < -0.3 is 0 Å². The molecule has 2 heterocycles. The Bertz CT molecular complexity index is 551. The first-order valence-electron chi connectivity index (χ1n) is 5.85. The van der Waals surface area contributed by atoms with E-state index in [4.69, 9.17) is 11.6 Å². The molecule has 0 amide bonds. The number of nitrogens with zero attached hydrogens (tertiary/aromatic N) is 2. The van der Waals surface area contributed by atoms with Gasteiger partial charge in [0.15, 0.2) is 8.68 Å². The van der Waals surface area contributed by atoms with Crippen LogP contribution in [0.4, 0.5) is 0 Å². The molecule has 1 aromatic rings. The Morgan fingerprint density at radius 1 is 1.44 bits per heavy atom. The second-order valence-electron chi connectivity index (χ2n) is 5.45. The highest BCUT2D eigenvalue weighted by molar-refractivity contribution is 7.91. The molecule has 0 atom stereocenters. The first-order chi connectivity index (χ1) is 8.22. The Labute approximate surface area is 117 Å². The van der Waals surface area contributed by atoms with Gasteiger partial charge in [0.1, 0.15) is 0 Å². The van der Waals surface area contributed by atoms with Crippen LogP contribution in [0.25, 0.3) is 0 Å². The van der Waals surface area contributed by atoms with Gasteiger partial charge in [0.05, 0.1) is 5.69 Å². The summed E-state index contributed by atoms with van der Waals surface area (Å²) in [5.41, 5.74) is 0.529. The van der Waals surface area contributed by atoms with E-state index in [1.807, 2.05) is 0 Å². The van der Waals surface area contributed by atoms with Crippen molar-refractivity contribution in [1.29, 1.82) is 0 Å². The smallest absolute Gasteiger partial charge is 0.229 e. The highest BCUT2D eigenvalue weighted by Crippen LogP contribution is 2.35. The van der Waals surface area contributed by atoms with Gasteiger partial charge in [-0.15, -0.1) is 0 Å². The third-order valence-corrected chi connectivity index (χ3v) is 6.86. The van der Waals surface area contributed by atoms with E-state index in [1.165, 1.54) is 0 Å². The molecular weight excluding hydrogens is 292 g/mol. The number of sulfonamides is 1. The summed E-state index contributed by atoms with van der Waals surface area (Å²) in [6.45, 7) is 7.03. The Morgan fingerprint density at radius 3 is 2.61 bits per heavy atom. The van der Waals surface area contributed by atoms with Gasteiger partial charge in [-0.2, -0.15) is 4.31 Å². The maximum absolute atomic E-state index is 12.5. The summed E-state index contributed by atoms with van der Waals surface area (Å²) in [5, 5.41) is 0. The van der Waals surface area contributed by atoms with Gasteiger partial charge in [0.25, 0.3) is 10.0 Å². The predicted molar refractivity (Wildman–Crippen MR) is 73.6 cm³/mol. The van der Waals surface area contributed by atoms with E-state index in [-0.39, 0.29) is 14.1 Å². The molecule has 0 radical (unpaired) electrons. The van der Waals surface area contributed by atoms with Crippen molar-refractivity contribution in [2.45, 2.75) is 37.8 Å². The zero-order valence-corrected chi connectivity index (χ0v) is 13.1. The molecule has 18 heavy (non-hydrogen) atoms. The highest BCUT2D eigenvalue weighted by atomic mass is 35.5. The fraction of sp³-hybridized carbons (Fsp3) is 0.727. The summed E-state index contributed by atoms with van der Waals surface area (Å²) in [5.74, 6) is 0. The summed E-state index contributed by atoms with van der Waals surface area (Å²) < 4.78 is 27.2. The van der Waals surface area contributed by atoms with Crippen molar-refractivity contribution in [2.75, 3.05) is 13.1 Å². The van der Waals surface area contributed by atoms with Crippen molar-refractivity contribution in [2.24, 2.45) is 5.41 Å². The Hall–Kier alpha value is -0.170. The molecule has 0 aromatic carbocycles. The van der Waals surface area contributed by atoms with Crippen LogP contribution in [0.2, 0.25) is 4.47 Å². The van der Waals surface area contributed by atoms with Crippen molar-refractivity contribution < 1.29 is 8.42 Å². The first kappa shape index (κ1) is 14.2.